The van der Waals surface area contributed by atoms with Gasteiger partial charge >= 0.3 is 17.9 Å². The second-order valence-electron chi connectivity index (χ2n) is 17.5. The van der Waals surface area contributed by atoms with Gasteiger partial charge in [0.05, 0.1) is 0 Å². The molecule has 0 bridgehead atoms. The molecule has 0 aromatic heterocycles. The average molecular weight is 903 g/mol. The second kappa shape index (κ2) is 52.9. The number of allylic oxidation sites excluding steroid dienone is 16. The molecule has 65 heavy (non-hydrogen) atoms. The van der Waals surface area contributed by atoms with Gasteiger partial charge in [-0.1, -0.05) is 234 Å². The molecule has 0 fully saturated rings. The van der Waals surface area contributed by atoms with Crippen molar-refractivity contribution >= 4 is 17.9 Å². The van der Waals surface area contributed by atoms with E-state index >= 15 is 0 Å². The molecule has 0 saturated heterocycles. The highest BCUT2D eigenvalue weighted by atomic mass is 16.6. The Balaban J connectivity index is 4.45. The van der Waals surface area contributed by atoms with Crippen LogP contribution in [-0.2, 0) is 28.6 Å². The molecule has 0 aliphatic rings. The van der Waals surface area contributed by atoms with Crippen LogP contribution in [0.15, 0.2) is 97.2 Å². The highest BCUT2D eigenvalue weighted by molar-refractivity contribution is 5.71. The molecule has 6 nitrogen and oxygen atoms in total. The van der Waals surface area contributed by atoms with Gasteiger partial charge in [0.15, 0.2) is 6.10 Å². The Bertz CT molecular complexity index is 1310. The lowest BCUT2D eigenvalue weighted by Gasteiger charge is -2.18. The summed E-state index contributed by atoms with van der Waals surface area (Å²) in [6.45, 7) is 6.38. The average Bonchev–Trinajstić information content (AvgIpc) is 3.30. The van der Waals surface area contributed by atoms with Crippen molar-refractivity contribution in [3.05, 3.63) is 97.2 Å². The van der Waals surface area contributed by atoms with Gasteiger partial charge in [-0.05, 0) is 83.5 Å². The Kier molecular flexibility index (Phi) is 50.0. The summed E-state index contributed by atoms with van der Waals surface area (Å²) in [5.74, 6) is -0.990. The number of ether oxygens (including phenoxy) is 3. The minimum atomic E-state index is -0.810. The van der Waals surface area contributed by atoms with Gasteiger partial charge in [-0.2, -0.15) is 0 Å². The highest BCUT2D eigenvalue weighted by Gasteiger charge is 2.19. The number of carbonyl (C=O) groups excluding carboxylic acids is 3. The van der Waals surface area contributed by atoms with Crippen LogP contribution in [0.1, 0.15) is 239 Å². The number of hydrogen-bond donors (Lipinski definition) is 0. The Morgan fingerprint density at radius 3 is 1.09 bits per heavy atom. The van der Waals surface area contributed by atoms with Crippen molar-refractivity contribution in [2.75, 3.05) is 13.2 Å². The molecule has 0 N–H and O–H groups in total. The van der Waals surface area contributed by atoms with Crippen LogP contribution in [0.25, 0.3) is 0 Å². The standard InChI is InChI=1S/C59H98O6/c1-4-7-10-13-16-19-22-25-27-28-29-30-32-34-37-40-43-46-49-52-58(61)64-55-56(54-63-57(60)51-48-45-42-39-36-33-24-21-18-15-12-9-6-3)65-59(62)53-50-47-44-41-38-35-31-26-23-20-17-14-11-8-5-2/h9,12,15-16,18-25,33,36,39,42,56H,4-8,10-11,13-14,17,26-32,34-35,37-38,40-41,43-55H2,1-3H3/b12-9-,18-15-,19-16-,23-20-,24-21-,25-22-,36-33-,42-39-. The normalized spacial score (nSPS) is 12.8. The number of esters is 3. The monoisotopic (exact) mass is 903 g/mol. The summed E-state index contributed by atoms with van der Waals surface area (Å²) in [7, 11) is 0. The van der Waals surface area contributed by atoms with Gasteiger partial charge in [0.2, 0.25) is 0 Å². The first-order valence-electron chi connectivity index (χ1n) is 26.8. The molecule has 1 unspecified atom stereocenters. The van der Waals surface area contributed by atoms with Crippen molar-refractivity contribution in [3.8, 4) is 0 Å². The molecule has 0 aliphatic heterocycles. The lowest BCUT2D eigenvalue weighted by molar-refractivity contribution is -0.167. The summed E-state index contributed by atoms with van der Waals surface area (Å²) in [4.78, 5) is 38.0. The number of carbonyl (C=O) groups is 3. The Morgan fingerprint density at radius 2 is 0.631 bits per heavy atom. The van der Waals surface area contributed by atoms with E-state index in [4.69, 9.17) is 14.2 Å². The Morgan fingerprint density at radius 1 is 0.323 bits per heavy atom. The molecule has 0 aliphatic carbocycles. The number of hydrogen-bond acceptors (Lipinski definition) is 6. The summed E-state index contributed by atoms with van der Waals surface area (Å²) in [5, 5.41) is 0. The largest absolute Gasteiger partial charge is 0.462 e. The summed E-state index contributed by atoms with van der Waals surface area (Å²) in [6, 6.07) is 0. The predicted molar refractivity (Wildman–Crippen MR) is 279 cm³/mol. The molecule has 0 heterocycles. The van der Waals surface area contributed by atoms with E-state index in [1.165, 1.54) is 141 Å². The van der Waals surface area contributed by atoms with Gasteiger partial charge < -0.3 is 14.2 Å². The topological polar surface area (TPSA) is 78.9 Å². The third kappa shape index (κ3) is 51.2. The molecular formula is C59H98O6. The van der Waals surface area contributed by atoms with E-state index in [2.05, 4.69) is 63.3 Å². The van der Waals surface area contributed by atoms with Gasteiger partial charge in [0.1, 0.15) is 13.2 Å². The molecule has 1 atom stereocenters. The van der Waals surface area contributed by atoms with E-state index in [0.717, 1.165) is 51.4 Å². The molecule has 0 saturated carbocycles. The van der Waals surface area contributed by atoms with Crippen molar-refractivity contribution in [3.63, 3.8) is 0 Å². The second-order valence-corrected chi connectivity index (χ2v) is 17.5. The van der Waals surface area contributed by atoms with Crippen LogP contribution in [0.5, 0.6) is 0 Å². The lowest BCUT2D eigenvalue weighted by Crippen LogP contribution is -2.30. The van der Waals surface area contributed by atoms with Crippen LogP contribution >= 0.6 is 0 Å². The molecule has 0 aromatic rings. The summed E-state index contributed by atoms with van der Waals surface area (Å²) >= 11 is 0. The zero-order valence-electron chi connectivity index (χ0n) is 42.2. The van der Waals surface area contributed by atoms with E-state index in [1.54, 1.807) is 0 Å². The zero-order valence-corrected chi connectivity index (χ0v) is 42.2. The fraction of sp³-hybridized carbons (Fsp3) is 0.678. The maximum atomic E-state index is 12.8. The summed E-state index contributed by atoms with van der Waals surface area (Å²) < 4.78 is 16.7. The number of unbranched alkanes of at least 4 members (excludes halogenated alkanes) is 25. The fourth-order valence-corrected chi connectivity index (χ4v) is 7.16. The molecule has 6 heteroatoms. The maximum absolute atomic E-state index is 12.8. The molecule has 0 radical (unpaired) electrons. The molecule has 0 rings (SSSR count). The van der Waals surface area contributed by atoms with Crippen LogP contribution < -0.4 is 0 Å². The summed E-state index contributed by atoms with van der Waals surface area (Å²) in [5.41, 5.74) is 0. The highest BCUT2D eigenvalue weighted by Crippen LogP contribution is 2.15. The molecule has 0 amide bonds. The molecule has 370 valence electrons. The van der Waals surface area contributed by atoms with Crippen LogP contribution in [0, 0.1) is 0 Å². The van der Waals surface area contributed by atoms with Crippen molar-refractivity contribution in [1.82, 2.24) is 0 Å². The fourth-order valence-electron chi connectivity index (χ4n) is 7.16. The smallest absolute Gasteiger partial charge is 0.306 e. The SMILES string of the molecule is CC\C=C/C=C\C=C/C=C\C=C/CCCC(=O)OCC(COC(=O)CCCCCCCCCCCC/C=C\C=C/CCCCC)OC(=O)CCCCCCCCC/C=C\CCCCCC. The van der Waals surface area contributed by atoms with Gasteiger partial charge in [-0.15, -0.1) is 0 Å². The van der Waals surface area contributed by atoms with E-state index in [9.17, 15) is 14.4 Å². The van der Waals surface area contributed by atoms with Crippen molar-refractivity contribution in [2.24, 2.45) is 0 Å². The van der Waals surface area contributed by atoms with Crippen molar-refractivity contribution < 1.29 is 28.6 Å². The quantitative estimate of drug-likeness (QED) is 0.0199. The predicted octanol–water partition coefficient (Wildman–Crippen LogP) is 17.8. The van der Waals surface area contributed by atoms with E-state index < -0.39 is 6.10 Å². The number of rotatable bonds is 47. The Hall–Kier alpha value is -3.67. The third-order valence-electron chi connectivity index (χ3n) is 11.2. The van der Waals surface area contributed by atoms with Crippen LogP contribution in [0.4, 0.5) is 0 Å². The van der Waals surface area contributed by atoms with Gasteiger partial charge in [-0.25, -0.2) is 0 Å². The Labute approximate surface area is 400 Å². The summed E-state index contributed by atoms with van der Waals surface area (Å²) in [6.07, 6.45) is 69.7. The lowest BCUT2D eigenvalue weighted by atomic mass is 10.1. The minimum Gasteiger partial charge on any atom is -0.462 e. The molecule has 0 aromatic carbocycles. The first kappa shape index (κ1) is 61.3. The van der Waals surface area contributed by atoms with Gasteiger partial charge in [0.25, 0.3) is 0 Å². The van der Waals surface area contributed by atoms with Gasteiger partial charge in [0, 0.05) is 19.3 Å². The van der Waals surface area contributed by atoms with Crippen molar-refractivity contribution in [2.45, 2.75) is 245 Å². The molecule has 0 spiro atoms. The van der Waals surface area contributed by atoms with E-state index in [0.29, 0.717) is 19.3 Å². The van der Waals surface area contributed by atoms with Crippen LogP contribution in [0.3, 0.4) is 0 Å². The van der Waals surface area contributed by atoms with E-state index in [-0.39, 0.29) is 37.5 Å². The van der Waals surface area contributed by atoms with E-state index in [1.807, 2.05) is 54.7 Å². The first-order chi connectivity index (χ1) is 32.0. The first-order valence-corrected chi connectivity index (χ1v) is 26.8. The van der Waals surface area contributed by atoms with Gasteiger partial charge in [-0.3, -0.25) is 14.4 Å². The maximum Gasteiger partial charge on any atom is 0.306 e. The molecular weight excluding hydrogens is 805 g/mol. The zero-order chi connectivity index (χ0) is 47.2. The third-order valence-corrected chi connectivity index (χ3v) is 11.2. The minimum absolute atomic E-state index is 0.104. The van der Waals surface area contributed by atoms with Crippen molar-refractivity contribution in [1.29, 1.82) is 0 Å². The van der Waals surface area contributed by atoms with Crippen LogP contribution in [-0.4, -0.2) is 37.2 Å². The van der Waals surface area contributed by atoms with Crippen LogP contribution in [0.2, 0.25) is 0 Å².